The monoisotopic (exact) mass is 254 g/mol. The molecule has 2 rings (SSSR count). The Morgan fingerprint density at radius 3 is 2.17 bits per heavy atom. The van der Waals surface area contributed by atoms with Gasteiger partial charge in [0.05, 0.1) is 6.61 Å². The lowest BCUT2D eigenvalue weighted by atomic mass is 9.69. The minimum Gasteiger partial charge on any atom is -0.465 e. The molecular formula is C13H18O5. The Labute approximate surface area is 106 Å². The van der Waals surface area contributed by atoms with Gasteiger partial charge in [-0.05, 0) is 26.7 Å². The van der Waals surface area contributed by atoms with Crippen molar-refractivity contribution in [2.24, 2.45) is 5.41 Å². The van der Waals surface area contributed by atoms with Crippen LogP contribution in [0.5, 0.6) is 0 Å². The molecule has 0 unspecified atom stereocenters. The van der Waals surface area contributed by atoms with Crippen LogP contribution in [0.2, 0.25) is 0 Å². The zero-order chi connectivity index (χ0) is 13.2. The molecule has 1 aliphatic heterocycles. The molecule has 18 heavy (non-hydrogen) atoms. The van der Waals surface area contributed by atoms with E-state index in [-0.39, 0.29) is 12.4 Å². The van der Waals surface area contributed by atoms with Crippen LogP contribution in [-0.4, -0.2) is 24.1 Å². The van der Waals surface area contributed by atoms with Crippen LogP contribution in [0.1, 0.15) is 39.5 Å². The summed E-state index contributed by atoms with van der Waals surface area (Å²) < 4.78 is 15.9. The van der Waals surface area contributed by atoms with Gasteiger partial charge in [0.15, 0.2) is 0 Å². The molecule has 0 aromatic rings. The first-order valence-electron chi connectivity index (χ1n) is 6.24. The molecule has 0 atom stereocenters. The highest BCUT2D eigenvalue weighted by atomic mass is 16.7. The van der Waals surface area contributed by atoms with Crippen molar-refractivity contribution in [3.8, 4) is 0 Å². The van der Waals surface area contributed by atoms with Crippen LogP contribution < -0.4 is 0 Å². The first-order valence-corrected chi connectivity index (χ1v) is 6.24. The van der Waals surface area contributed by atoms with Gasteiger partial charge in [0.25, 0.3) is 0 Å². The fraction of sp³-hybridized carbons (Fsp3) is 0.692. The molecule has 0 amide bonds. The Bertz CT molecular complexity index is 367. The Hall–Kier alpha value is -1.52. The number of hydrogen-bond donors (Lipinski definition) is 0. The van der Waals surface area contributed by atoms with Crippen LogP contribution in [0.3, 0.4) is 0 Å². The van der Waals surface area contributed by atoms with Crippen molar-refractivity contribution in [2.45, 2.75) is 45.3 Å². The summed E-state index contributed by atoms with van der Waals surface area (Å²) in [7, 11) is 0. The highest BCUT2D eigenvalue weighted by Gasteiger charge is 2.53. The lowest BCUT2D eigenvalue weighted by Gasteiger charge is -2.40. The minimum atomic E-state index is -1.02. The molecule has 0 N–H and O–H groups in total. The second kappa shape index (κ2) is 4.63. The summed E-state index contributed by atoms with van der Waals surface area (Å²) >= 11 is 0. The van der Waals surface area contributed by atoms with Crippen LogP contribution >= 0.6 is 0 Å². The minimum absolute atomic E-state index is 0.137. The Balaban J connectivity index is 2.11. The molecule has 0 saturated heterocycles. The smallest absolute Gasteiger partial charge is 0.319 e. The molecule has 5 nitrogen and oxygen atoms in total. The van der Waals surface area contributed by atoms with Gasteiger partial charge in [-0.25, -0.2) is 0 Å². The Morgan fingerprint density at radius 2 is 1.72 bits per heavy atom. The summed E-state index contributed by atoms with van der Waals surface area (Å²) in [4.78, 5) is 23.9. The van der Waals surface area contributed by atoms with Gasteiger partial charge in [-0.3, -0.25) is 9.59 Å². The van der Waals surface area contributed by atoms with Crippen molar-refractivity contribution in [3.05, 3.63) is 12.5 Å². The zero-order valence-corrected chi connectivity index (χ0v) is 10.7. The molecule has 0 bridgehead atoms. The van der Waals surface area contributed by atoms with Crippen molar-refractivity contribution in [3.63, 3.8) is 0 Å². The second-order valence-corrected chi connectivity index (χ2v) is 4.78. The quantitative estimate of drug-likeness (QED) is 0.568. The van der Waals surface area contributed by atoms with E-state index in [0.29, 0.717) is 25.7 Å². The first-order chi connectivity index (χ1) is 8.55. The summed E-state index contributed by atoms with van der Waals surface area (Å²) in [5, 5.41) is 0. The van der Waals surface area contributed by atoms with Crippen LogP contribution in [0.15, 0.2) is 12.5 Å². The number of esters is 1. The molecule has 0 radical (unpaired) electrons. The van der Waals surface area contributed by atoms with Crippen LogP contribution in [-0.2, 0) is 23.8 Å². The largest absolute Gasteiger partial charge is 0.465 e. The SMILES string of the molecule is CCOC(=O)C1(C(C)=O)CCC2(CC1)OC=CO2. The standard InChI is InChI=1S/C13H18O5/c1-3-16-11(15)12(10(2)14)4-6-13(7-5-12)17-8-9-18-13/h8-9H,3-7H2,1-2H3. The van der Waals surface area contributed by atoms with Crippen molar-refractivity contribution >= 4 is 11.8 Å². The summed E-state index contributed by atoms with van der Waals surface area (Å²) in [5.41, 5.74) is -1.02. The van der Waals surface area contributed by atoms with Gasteiger partial charge < -0.3 is 14.2 Å². The van der Waals surface area contributed by atoms with E-state index >= 15 is 0 Å². The number of ketones is 1. The second-order valence-electron chi connectivity index (χ2n) is 4.78. The van der Waals surface area contributed by atoms with Gasteiger partial charge in [0.2, 0.25) is 5.79 Å². The molecule has 0 aromatic heterocycles. The molecular weight excluding hydrogens is 236 g/mol. The maximum Gasteiger partial charge on any atom is 0.319 e. The van der Waals surface area contributed by atoms with Crippen molar-refractivity contribution in [2.75, 3.05) is 6.61 Å². The van der Waals surface area contributed by atoms with E-state index in [1.54, 1.807) is 6.92 Å². The van der Waals surface area contributed by atoms with E-state index in [2.05, 4.69) is 0 Å². The summed E-state index contributed by atoms with van der Waals surface area (Å²) in [6.07, 6.45) is 4.85. The van der Waals surface area contributed by atoms with E-state index in [1.165, 1.54) is 19.4 Å². The molecule has 100 valence electrons. The van der Waals surface area contributed by atoms with Gasteiger partial charge in [-0.2, -0.15) is 0 Å². The number of Topliss-reactive ketones (excluding diaryl/α,β-unsaturated/α-hetero) is 1. The first kappa shape index (κ1) is 12.9. The van der Waals surface area contributed by atoms with E-state index in [9.17, 15) is 9.59 Å². The predicted octanol–water partition coefficient (Wildman–Crippen LogP) is 1.91. The van der Waals surface area contributed by atoms with Crippen LogP contribution in [0, 0.1) is 5.41 Å². The van der Waals surface area contributed by atoms with Crippen molar-refractivity contribution in [1.29, 1.82) is 0 Å². The fourth-order valence-electron chi connectivity index (χ4n) is 2.59. The molecule has 1 spiro atoms. The van der Waals surface area contributed by atoms with Gasteiger partial charge in [-0.15, -0.1) is 0 Å². The zero-order valence-electron chi connectivity index (χ0n) is 10.7. The summed E-state index contributed by atoms with van der Waals surface area (Å²) in [5.74, 6) is -1.23. The van der Waals surface area contributed by atoms with Gasteiger partial charge in [0, 0.05) is 12.8 Å². The van der Waals surface area contributed by atoms with E-state index in [0.717, 1.165) is 0 Å². The molecule has 1 aliphatic carbocycles. The number of carbonyl (C=O) groups is 2. The van der Waals surface area contributed by atoms with Crippen LogP contribution in [0.25, 0.3) is 0 Å². The van der Waals surface area contributed by atoms with E-state index in [1.807, 2.05) is 0 Å². The average molecular weight is 254 g/mol. The molecule has 0 aromatic carbocycles. The maximum atomic E-state index is 12.0. The molecule has 1 heterocycles. The normalized spacial score (nSPS) is 23.2. The lowest BCUT2D eigenvalue weighted by molar-refractivity contribution is -0.190. The lowest BCUT2D eigenvalue weighted by Crippen LogP contribution is -2.48. The number of carbonyl (C=O) groups excluding carboxylic acids is 2. The highest BCUT2D eigenvalue weighted by molar-refractivity contribution is 6.02. The van der Waals surface area contributed by atoms with Gasteiger partial charge in [0.1, 0.15) is 23.7 Å². The third-order valence-corrected chi connectivity index (χ3v) is 3.83. The maximum absolute atomic E-state index is 12.0. The van der Waals surface area contributed by atoms with Crippen LogP contribution in [0.4, 0.5) is 0 Å². The third kappa shape index (κ3) is 1.98. The third-order valence-electron chi connectivity index (χ3n) is 3.83. The molecule has 1 fully saturated rings. The molecule has 5 heteroatoms. The van der Waals surface area contributed by atoms with E-state index in [4.69, 9.17) is 14.2 Å². The fourth-order valence-corrected chi connectivity index (χ4v) is 2.59. The number of hydrogen-bond acceptors (Lipinski definition) is 5. The highest BCUT2D eigenvalue weighted by Crippen LogP contribution is 2.46. The number of ether oxygens (including phenoxy) is 3. The topological polar surface area (TPSA) is 61.8 Å². The van der Waals surface area contributed by atoms with Crippen molar-refractivity contribution < 1.29 is 23.8 Å². The van der Waals surface area contributed by atoms with E-state index < -0.39 is 17.2 Å². The summed E-state index contributed by atoms with van der Waals surface area (Å²) in [6, 6.07) is 0. The molecule has 2 aliphatic rings. The van der Waals surface area contributed by atoms with Gasteiger partial charge >= 0.3 is 5.97 Å². The van der Waals surface area contributed by atoms with Gasteiger partial charge in [-0.1, -0.05) is 0 Å². The average Bonchev–Trinajstić information content (AvgIpc) is 2.79. The Kier molecular flexibility index (Phi) is 3.32. The Morgan fingerprint density at radius 1 is 1.17 bits per heavy atom. The summed E-state index contributed by atoms with van der Waals surface area (Å²) in [6.45, 7) is 3.47. The number of rotatable bonds is 3. The predicted molar refractivity (Wildman–Crippen MR) is 62.3 cm³/mol. The van der Waals surface area contributed by atoms with Crippen molar-refractivity contribution in [1.82, 2.24) is 0 Å². The molecule has 1 saturated carbocycles.